The summed E-state index contributed by atoms with van der Waals surface area (Å²) in [6.07, 6.45) is 0. The van der Waals surface area contributed by atoms with Gasteiger partial charge in [-0.05, 0) is 6.07 Å². The quantitative estimate of drug-likeness (QED) is 0.715. The van der Waals surface area contributed by atoms with Gasteiger partial charge in [0.05, 0.1) is 18.8 Å². The molecule has 0 bridgehead atoms. The molecule has 2 aromatic rings. The van der Waals surface area contributed by atoms with Gasteiger partial charge in [0.1, 0.15) is 5.75 Å². The summed E-state index contributed by atoms with van der Waals surface area (Å²) in [6, 6.07) is 7.74. The Labute approximate surface area is 126 Å². The first-order valence-corrected chi connectivity index (χ1v) is 7.24. The van der Waals surface area contributed by atoms with Crippen molar-refractivity contribution in [1.29, 1.82) is 0 Å². The van der Waals surface area contributed by atoms with Gasteiger partial charge in [-0.3, -0.25) is 13.9 Å². The van der Waals surface area contributed by atoms with E-state index >= 15 is 0 Å². The predicted octanol–water partition coefficient (Wildman–Crippen LogP) is 0.617. The summed E-state index contributed by atoms with van der Waals surface area (Å²) in [7, 11) is 3.13. The zero-order valence-corrected chi connectivity index (χ0v) is 12.4. The molecule has 0 spiro atoms. The van der Waals surface area contributed by atoms with Gasteiger partial charge in [0.2, 0.25) is 5.88 Å². The molecule has 2 aliphatic heterocycles. The smallest absolute Gasteiger partial charge is 0.333 e. The van der Waals surface area contributed by atoms with E-state index in [0.29, 0.717) is 24.7 Å². The maximum absolute atomic E-state index is 12.7. The third-order valence-corrected chi connectivity index (χ3v) is 4.57. The van der Waals surface area contributed by atoms with Crippen LogP contribution in [0.25, 0.3) is 0 Å². The summed E-state index contributed by atoms with van der Waals surface area (Å²) in [4.78, 5) is 24.8. The molecule has 114 valence electrons. The molecular weight excluding hydrogens is 284 g/mol. The summed E-state index contributed by atoms with van der Waals surface area (Å²) in [5, 5.41) is 0. The van der Waals surface area contributed by atoms with Crippen LogP contribution in [0.2, 0.25) is 0 Å². The fourth-order valence-electron chi connectivity index (χ4n) is 3.43. The lowest BCUT2D eigenvalue weighted by Gasteiger charge is -2.37. The van der Waals surface area contributed by atoms with E-state index < -0.39 is 0 Å². The summed E-state index contributed by atoms with van der Waals surface area (Å²) in [5.74, 6) is 1.16. The van der Waals surface area contributed by atoms with Crippen molar-refractivity contribution >= 4 is 0 Å². The molecule has 0 unspecified atom stereocenters. The Kier molecular flexibility index (Phi) is 2.69. The molecule has 22 heavy (non-hydrogen) atoms. The first-order valence-electron chi connectivity index (χ1n) is 7.24. The maximum atomic E-state index is 12.7. The predicted molar refractivity (Wildman–Crippen MR) is 79.7 cm³/mol. The number of benzene rings is 1. The van der Waals surface area contributed by atoms with Crippen LogP contribution in [0.4, 0.5) is 0 Å². The van der Waals surface area contributed by atoms with Gasteiger partial charge in [0, 0.05) is 31.5 Å². The first-order chi connectivity index (χ1) is 10.6. The van der Waals surface area contributed by atoms with E-state index in [1.807, 2.05) is 24.3 Å². The Morgan fingerprint density at radius 2 is 1.77 bits per heavy atom. The topological polar surface area (TPSA) is 62.5 Å². The van der Waals surface area contributed by atoms with E-state index in [9.17, 15) is 9.59 Å². The van der Waals surface area contributed by atoms with Crippen molar-refractivity contribution < 1.29 is 9.47 Å². The van der Waals surface area contributed by atoms with Gasteiger partial charge in [-0.1, -0.05) is 18.2 Å². The van der Waals surface area contributed by atoms with Crippen LogP contribution in [0.15, 0.2) is 33.9 Å². The van der Waals surface area contributed by atoms with E-state index in [-0.39, 0.29) is 23.1 Å². The van der Waals surface area contributed by atoms with Crippen LogP contribution in [0, 0.1) is 5.92 Å². The average molecular weight is 300 g/mol. The highest BCUT2D eigenvalue weighted by molar-refractivity contribution is 5.47. The second-order valence-corrected chi connectivity index (χ2v) is 5.82. The zero-order chi connectivity index (χ0) is 15.4. The summed E-state index contributed by atoms with van der Waals surface area (Å²) in [6.45, 7) is 0.944. The molecular formula is C16H16N2O4. The van der Waals surface area contributed by atoms with Gasteiger partial charge in [-0.25, -0.2) is 4.79 Å². The molecule has 0 fully saturated rings. The largest absolute Gasteiger partial charge is 0.493 e. The standard InChI is InChI=1S/C16H16N2O4/c1-17-14(19)13-12-9(8-22-15(13)18(2)16(17)20)7-21-11-6-4-3-5-10(11)12/h3-6,9,12H,7-8H2,1-2H3/t9-,12-/m1/s1. The lowest BCUT2D eigenvalue weighted by atomic mass is 9.79. The van der Waals surface area contributed by atoms with Crippen molar-refractivity contribution in [2.75, 3.05) is 13.2 Å². The molecule has 2 aliphatic rings. The second-order valence-electron chi connectivity index (χ2n) is 5.82. The zero-order valence-electron chi connectivity index (χ0n) is 12.4. The van der Waals surface area contributed by atoms with Crippen molar-refractivity contribution in [2.24, 2.45) is 20.0 Å². The highest BCUT2D eigenvalue weighted by Crippen LogP contribution is 2.45. The number of ether oxygens (including phenoxy) is 2. The molecule has 1 aromatic heterocycles. The van der Waals surface area contributed by atoms with E-state index in [1.54, 1.807) is 7.05 Å². The molecule has 4 rings (SSSR count). The lowest BCUT2D eigenvalue weighted by molar-refractivity contribution is 0.116. The van der Waals surface area contributed by atoms with Gasteiger partial charge in [0.25, 0.3) is 5.56 Å². The monoisotopic (exact) mass is 300 g/mol. The number of rotatable bonds is 0. The van der Waals surface area contributed by atoms with Crippen LogP contribution in [0.3, 0.4) is 0 Å². The van der Waals surface area contributed by atoms with Crippen molar-refractivity contribution in [1.82, 2.24) is 9.13 Å². The fraction of sp³-hybridized carbons (Fsp3) is 0.375. The van der Waals surface area contributed by atoms with Crippen molar-refractivity contribution in [2.45, 2.75) is 5.92 Å². The van der Waals surface area contributed by atoms with Gasteiger partial charge in [-0.15, -0.1) is 0 Å². The minimum absolute atomic E-state index is 0.0765. The highest BCUT2D eigenvalue weighted by Gasteiger charge is 2.41. The number of nitrogens with zero attached hydrogens (tertiary/aromatic N) is 2. The lowest BCUT2D eigenvalue weighted by Crippen LogP contribution is -2.46. The van der Waals surface area contributed by atoms with Gasteiger partial charge in [-0.2, -0.15) is 0 Å². The summed E-state index contributed by atoms with van der Waals surface area (Å²) in [5.41, 5.74) is 0.877. The summed E-state index contributed by atoms with van der Waals surface area (Å²) < 4.78 is 14.0. The molecule has 6 nitrogen and oxygen atoms in total. The molecule has 3 heterocycles. The van der Waals surface area contributed by atoms with Gasteiger partial charge >= 0.3 is 5.69 Å². The molecule has 0 radical (unpaired) electrons. The van der Waals surface area contributed by atoms with E-state index in [2.05, 4.69) is 0 Å². The van der Waals surface area contributed by atoms with Crippen LogP contribution in [0.1, 0.15) is 17.0 Å². The molecule has 0 amide bonds. The number of aromatic nitrogens is 2. The van der Waals surface area contributed by atoms with Crippen LogP contribution in [-0.4, -0.2) is 22.3 Å². The maximum Gasteiger partial charge on any atom is 0.333 e. The van der Waals surface area contributed by atoms with E-state index in [1.165, 1.54) is 11.6 Å². The molecule has 0 saturated heterocycles. The number of hydrogen-bond acceptors (Lipinski definition) is 4. The first kappa shape index (κ1) is 13.2. The molecule has 1 aromatic carbocycles. The number of fused-ring (bicyclic) bond motifs is 5. The van der Waals surface area contributed by atoms with Crippen molar-refractivity contribution in [3.05, 3.63) is 56.2 Å². The summed E-state index contributed by atoms with van der Waals surface area (Å²) >= 11 is 0. The number of para-hydroxylation sites is 1. The normalized spacial score (nSPS) is 21.9. The molecule has 2 atom stereocenters. The SMILES string of the molecule is Cn1c2c(c(=O)n(C)c1=O)[C@H]1c3ccccc3OC[C@@H]1CO2. The van der Waals surface area contributed by atoms with Crippen LogP contribution >= 0.6 is 0 Å². The van der Waals surface area contributed by atoms with Crippen molar-refractivity contribution in [3.63, 3.8) is 0 Å². The van der Waals surface area contributed by atoms with Crippen LogP contribution < -0.4 is 20.7 Å². The minimum Gasteiger partial charge on any atom is -0.493 e. The Hall–Kier alpha value is -2.50. The van der Waals surface area contributed by atoms with Crippen LogP contribution in [-0.2, 0) is 14.1 Å². The van der Waals surface area contributed by atoms with Crippen LogP contribution in [0.5, 0.6) is 11.6 Å². The number of hydrogen-bond donors (Lipinski definition) is 0. The Bertz CT molecular complexity index is 881. The average Bonchev–Trinajstić information content (AvgIpc) is 2.56. The Balaban J connectivity index is 2.05. The molecule has 0 saturated carbocycles. The van der Waals surface area contributed by atoms with Gasteiger partial charge in [0.15, 0.2) is 0 Å². The Morgan fingerprint density at radius 3 is 2.59 bits per heavy atom. The molecule has 0 N–H and O–H groups in total. The Morgan fingerprint density at radius 1 is 1.05 bits per heavy atom. The van der Waals surface area contributed by atoms with E-state index in [0.717, 1.165) is 15.9 Å². The third-order valence-electron chi connectivity index (χ3n) is 4.57. The van der Waals surface area contributed by atoms with E-state index in [4.69, 9.17) is 9.47 Å². The molecule has 0 aliphatic carbocycles. The van der Waals surface area contributed by atoms with Crippen molar-refractivity contribution in [3.8, 4) is 11.6 Å². The highest BCUT2D eigenvalue weighted by atomic mass is 16.5. The fourth-order valence-corrected chi connectivity index (χ4v) is 3.43. The van der Waals surface area contributed by atoms with Gasteiger partial charge < -0.3 is 9.47 Å². The minimum atomic E-state index is -0.373. The molecule has 6 heteroatoms. The second kappa shape index (κ2) is 4.50. The third kappa shape index (κ3) is 1.60.